The van der Waals surface area contributed by atoms with Gasteiger partial charge >= 0.3 is 0 Å². The van der Waals surface area contributed by atoms with Gasteiger partial charge in [-0.15, -0.1) is 0 Å². The monoisotopic (exact) mass is 158 g/mol. The van der Waals surface area contributed by atoms with E-state index in [1.54, 1.807) is 13.8 Å². The van der Waals surface area contributed by atoms with E-state index in [0.717, 1.165) is 0 Å². The van der Waals surface area contributed by atoms with E-state index >= 15 is 0 Å². The van der Waals surface area contributed by atoms with E-state index in [1.807, 2.05) is 0 Å². The molecule has 1 rings (SSSR count). The Hall–Kier alpha value is -0.830. The van der Waals surface area contributed by atoms with Crippen molar-refractivity contribution in [2.75, 3.05) is 0 Å². The lowest BCUT2D eigenvalue weighted by atomic mass is 10.4. The molecule has 1 aromatic heterocycles. The molecule has 0 saturated carbocycles. The first-order valence-corrected chi connectivity index (χ1v) is 3.22. The Kier molecular flexibility index (Phi) is 1.76. The molecule has 54 valence electrons. The SMILES string of the molecule is Cc1nc(C)c(Cl)c(=O)[nH]1. The Bertz CT molecular complexity index is 305. The molecule has 1 N–H and O–H groups in total. The smallest absolute Gasteiger partial charge is 0.269 e. The first kappa shape index (κ1) is 7.28. The Labute approximate surface area is 63.1 Å². The average molecular weight is 159 g/mol. The van der Waals surface area contributed by atoms with Crippen LogP contribution in [-0.4, -0.2) is 9.97 Å². The van der Waals surface area contributed by atoms with E-state index in [1.165, 1.54) is 0 Å². The summed E-state index contributed by atoms with van der Waals surface area (Å²) in [5, 5.41) is 0.172. The predicted octanol–water partition coefficient (Wildman–Crippen LogP) is 1.04. The van der Waals surface area contributed by atoms with Gasteiger partial charge in [0.05, 0.1) is 5.69 Å². The highest BCUT2D eigenvalue weighted by molar-refractivity contribution is 6.30. The van der Waals surface area contributed by atoms with Gasteiger partial charge < -0.3 is 4.98 Å². The molecule has 0 fully saturated rings. The van der Waals surface area contributed by atoms with Gasteiger partial charge in [0, 0.05) is 0 Å². The van der Waals surface area contributed by atoms with Crippen LogP contribution in [0.15, 0.2) is 4.79 Å². The van der Waals surface area contributed by atoms with E-state index in [2.05, 4.69) is 9.97 Å². The largest absolute Gasteiger partial charge is 0.309 e. The van der Waals surface area contributed by atoms with Gasteiger partial charge in [-0.3, -0.25) is 4.79 Å². The molecule has 0 unspecified atom stereocenters. The summed E-state index contributed by atoms with van der Waals surface area (Å²) in [5.74, 6) is 0.590. The van der Waals surface area contributed by atoms with Crippen molar-refractivity contribution in [3.63, 3.8) is 0 Å². The molecular weight excluding hydrogens is 152 g/mol. The lowest BCUT2D eigenvalue weighted by molar-refractivity contribution is 0.982. The van der Waals surface area contributed by atoms with Crippen LogP contribution in [0.4, 0.5) is 0 Å². The van der Waals surface area contributed by atoms with Crippen LogP contribution in [0, 0.1) is 13.8 Å². The Morgan fingerprint density at radius 1 is 1.50 bits per heavy atom. The first-order valence-electron chi connectivity index (χ1n) is 2.84. The quantitative estimate of drug-likeness (QED) is 0.613. The van der Waals surface area contributed by atoms with Crippen molar-refractivity contribution in [1.29, 1.82) is 0 Å². The van der Waals surface area contributed by atoms with E-state index in [4.69, 9.17) is 11.6 Å². The van der Waals surface area contributed by atoms with Crippen molar-refractivity contribution >= 4 is 11.6 Å². The van der Waals surface area contributed by atoms with E-state index in [9.17, 15) is 4.79 Å². The molecule has 1 aromatic rings. The van der Waals surface area contributed by atoms with E-state index < -0.39 is 0 Å². The molecule has 4 heteroatoms. The second kappa shape index (κ2) is 2.42. The van der Waals surface area contributed by atoms with E-state index in [0.29, 0.717) is 11.5 Å². The summed E-state index contributed by atoms with van der Waals surface area (Å²) < 4.78 is 0. The number of nitrogens with zero attached hydrogens (tertiary/aromatic N) is 1. The Balaban J connectivity index is 3.46. The Morgan fingerprint density at radius 3 is 2.60 bits per heavy atom. The fraction of sp³-hybridized carbons (Fsp3) is 0.333. The molecule has 0 aliphatic carbocycles. The van der Waals surface area contributed by atoms with Crippen LogP contribution in [0.1, 0.15) is 11.5 Å². The number of rotatable bonds is 0. The molecule has 0 amide bonds. The maximum Gasteiger partial charge on any atom is 0.269 e. The first-order chi connectivity index (χ1) is 4.61. The van der Waals surface area contributed by atoms with Crippen LogP contribution < -0.4 is 5.56 Å². The number of aromatic nitrogens is 2. The van der Waals surface area contributed by atoms with Gasteiger partial charge in [0.1, 0.15) is 10.8 Å². The molecule has 3 nitrogen and oxygen atoms in total. The third-order valence-corrected chi connectivity index (χ3v) is 1.59. The lowest BCUT2D eigenvalue weighted by Crippen LogP contribution is -2.11. The molecule has 0 aliphatic heterocycles. The maximum absolute atomic E-state index is 10.8. The minimum Gasteiger partial charge on any atom is -0.309 e. The summed E-state index contributed by atoms with van der Waals surface area (Å²) in [5.41, 5.74) is 0.301. The molecule has 0 radical (unpaired) electrons. The number of nitrogens with one attached hydrogen (secondary N) is 1. The summed E-state index contributed by atoms with van der Waals surface area (Å²) in [7, 11) is 0. The number of hydrogen-bond acceptors (Lipinski definition) is 2. The summed E-state index contributed by atoms with van der Waals surface area (Å²) in [4.78, 5) is 17.3. The van der Waals surface area contributed by atoms with Crippen molar-refractivity contribution in [1.82, 2.24) is 9.97 Å². The number of aromatic amines is 1. The number of halogens is 1. The average Bonchev–Trinajstić information content (AvgIpc) is 1.82. The van der Waals surface area contributed by atoms with Gasteiger partial charge in [0.2, 0.25) is 0 Å². The lowest BCUT2D eigenvalue weighted by Gasteiger charge is -1.95. The highest BCUT2D eigenvalue weighted by atomic mass is 35.5. The molecule has 0 atom stereocenters. The molecular formula is C6H7ClN2O. The second-order valence-corrected chi connectivity index (χ2v) is 2.43. The Morgan fingerprint density at radius 2 is 2.10 bits per heavy atom. The zero-order valence-corrected chi connectivity index (χ0v) is 6.49. The van der Waals surface area contributed by atoms with E-state index in [-0.39, 0.29) is 10.6 Å². The highest BCUT2D eigenvalue weighted by Gasteiger charge is 2.00. The van der Waals surface area contributed by atoms with Crippen molar-refractivity contribution in [3.05, 3.63) is 26.9 Å². The summed E-state index contributed by atoms with van der Waals surface area (Å²) in [6, 6.07) is 0. The van der Waals surface area contributed by atoms with Crippen molar-refractivity contribution in [2.24, 2.45) is 0 Å². The van der Waals surface area contributed by atoms with Gasteiger partial charge in [0.25, 0.3) is 5.56 Å². The van der Waals surface area contributed by atoms with Gasteiger partial charge in [0.15, 0.2) is 0 Å². The fourth-order valence-electron chi connectivity index (χ4n) is 0.712. The van der Waals surface area contributed by atoms with Gasteiger partial charge in [-0.25, -0.2) is 4.98 Å². The number of aryl methyl sites for hydroxylation is 2. The third-order valence-electron chi connectivity index (χ3n) is 1.15. The molecule has 0 saturated heterocycles. The zero-order valence-electron chi connectivity index (χ0n) is 5.73. The molecule has 0 aliphatic rings. The fourth-order valence-corrected chi connectivity index (χ4v) is 0.802. The summed E-state index contributed by atoms with van der Waals surface area (Å²) in [6.45, 7) is 3.41. The van der Waals surface area contributed by atoms with Crippen LogP contribution in [0.5, 0.6) is 0 Å². The van der Waals surface area contributed by atoms with Crippen molar-refractivity contribution in [2.45, 2.75) is 13.8 Å². The van der Waals surface area contributed by atoms with Crippen molar-refractivity contribution in [3.8, 4) is 0 Å². The zero-order chi connectivity index (χ0) is 7.72. The van der Waals surface area contributed by atoms with Gasteiger partial charge in [-0.1, -0.05) is 11.6 Å². The molecule has 0 spiro atoms. The molecule has 1 heterocycles. The molecule has 0 bridgehead atoms. The third kappa shape index (κ3) is 1.19. The van der Waals surface area contributed by atoms with Gasteiger partial charge in [-0.2, -0.15) is 0 Å². The standard InChI is InChI=1S/C6H7ClN2O/c1-3-5(7)6(10)9-4(2)8-3/h1-2H3,(H,8,9,10). The van der Waals surface area contributed by atoms with Crippen molar-refractivity contribution < 1.29 is 0 Å². The van der Waals surface area contributed by atoms with Crippen LogP contribution in [-0.2, 0) is 0 Å². The second-order valence-electron chi connectivity index (χ2n) is 2.05. The summed E-state index contributed by atoms with van der Waals surface area (Å²) in [6.07, 6.45) is 0. The predicted molar refractivity (Wildman–Crippen MR) is 39.3 cm³/mol. The molecule has 10 heavy (non-hydrogen) atoms. The van der Waals surface area contributed by atoms with Crippen LogP contribution in [0.25, 0.3) is 0 Å². The topological polar surface area (TPSA) is 45.8 Å². The number of hydrogen-bond donors (Lipinski definition) is 1. The van der Waals surface area contributed by atoms with Crippen LogP contribution >= 0.6 is 11.6 Å². The van der Waals surface area contributed by atoms with Gasteiger partial charge in [-0.05, 0) is 13.8 Å². The normalized spacial score (nSPS) is 9.90. The summed E-state index contributed by atoms with van der Waals surface area (Å²) >= 11 is 5.54. The number of H-pyrrole nitrogens is 1. The minimum absolute atomic E-state index is 0.172. The maximum atomic E-state index is 10.8. The van der Waals surface area contributed by atoms with Crippen LogP contribution in [0.2, 0.25) is 5.02 Å². The minimum atomic E-state index is -0.272. The highest BCUT2D eigenvalue weighted by Crippen LogP contribution is 2.03. The molecule has 0 aromatic carbocycles. The van der Waals surface area contributed by atoms with Crippen LogP contribution in [0.3, 0.4) is 0 Å².